The predicted molar refractivity (Wildman–Crippen MR) is 77.0 cm³/mol. The van der Waals surface area contributed by atoms with Crippen molar-refractivity contribution in [3.8, 4) is 0 Å². The summed E-state index contributed by atoms with van der Waals surface area (Å²) in [4.78, 5) is 6.93. The summed E-state index contributed by atoms with van der Waals surface area (Å²) < 4.78 is 0. The minimum atomic E-state index is 0.877. The zero-order valence-corrected chi connectivity index (χ0v) is 10.8. The van der Waals surface area contributed by atoms with E-state index in [1.165, 1.54) is 24.9 Å². The van der Waals surface area contributed by atoms with E-state index in [4.69, 9.17) is 5.73 Å². The Bertz CT molecular complexity index is 571. The number of piperidine rings is 1. The number of nitrogen functional groups attached to an aromatic ring is 1. The molecular formula is C15H19N3. The highest BCUT2D eigenvalue weighted by molar-refractivity contribution is 5.97. The lowest BCUT2D eigenvalue weighted by atomic mass is 10.1. The van der Waals surface area contributed by atoms with E-state index in [0.29, 0.717) is 0 Å². The summed E-state index contributed by atoms with van der Waals surface area (Å²) in [6.45, 7) is 4.25. The Hall–Kier alpha value is -1.77. The molecule has 1 aliphatic rings. The molecule has 0 unspecified atom stereocenters. The molecular weight excluding hydrogens is 222 g/mol. The Kier molecular flexibility index (Phi) is 2.82. The second-order valence-corrected chi connectivity index (χ2v) is 5.07. The summed E-state index contributed by atoms with van der Waals surface area (Å²) in [6, 6.07) is 8.32. The Morgan fingerprint density at radius 3 is 2.61 bits per heavy atom. The Morgan fingerprint density at radius 2 is 1.83 bits per heavy atom. The number of aromatic nitrogens is 1. The van der Waals surface area contributed by atoms with Crippen LogP contribution >= 0.6 is 0 Å². The van der Waals surface area contributed by atoms with Crippen molar-refractivity contribution in [1.29, 1.82) is 0 Å². The van der Waals surface area contributed by atoms with E-state index in [-0.39, 0.29) is 0 Å². The van der Waals surface area contributed by atoms with Crippen molar-refractivity contribution in [2.45, 2.75) is 26.2 Å². The SMILES string of the molecule is Cc1ccc2c(N)c(N3CCCCC3)ccc2n1. The topological polar surface area (TPSA) is 42.1 Å². The van der Waals surface area contributed by atoms with E-state index in [9.17, 15) is 0 Å². The molecule has 1 fully saturated rings. The molecule has 1 aromatic carbocycles. The third kappa shape index (κ3) is 1.90. The van der Waals surface area contributed by atoms with Gasteiger partial charge in [0.15, 0.2) is 0 Å². The molecule has 2 aromatic rings. The highest BCUT2D eigenvalue weighted by Gasteiger charge is 2.15. The van der Waals surface area contributed by atoms with Crippen LogP contribution in [-0.2, 0) is 0 Å². The van der Waals surface area contributed by atoms with Crippen LogP contribution in [0.2, 0.25) is 0 Å². The number of rotatable bonds is 1. The fraction of sp³-hybridized carbons (Fsp3) is 0.400. The van der Waals surface area contributed by atoms with E-state index >= 15 is 0 Å². The van der Waals surface area contributed by atoms with Crippen LogP contribution in [-0.4, -0.2) is 18.1 Å². The molecule has 0 aliphatic carbocycles. The first-order chi connectivity index (χ1) is 8.75. The normalized spacial score (nSPS) is 16.2. The first-order valence-corrected chi connectivity index (χ1v) is 6.66. The van der Waals surface area contributed by atoms with Crippen LogP contribution < -0.4 is 10.6 Å². The number of fused-ring (bicyclic) bond motifs is 1. The van der Waals surface area contributed by atoms with Crippen molar-refractivity contribution in [1.82, 2.24) is 4.98 Å². The second kappa shape index (κ2) is 4.48. The lowest BCUT2D eigenvalue weighted by Crippen LogP contribution is -2.30. The maximum atomic E-state index is 6.32. The number of nitrogens with two attached hydrogens (primary N) is 1. The van der Waals surface area contributed by atoms with Crippen LogP contribution in [0.3, 0.4) is 0 Å². The van der Waals surface area contributed by atoms with E-state index < -0.39 is 0 Å². The number of hydrogen-bond acceptors (Lipinski definition) is 3. The molecule has 0 bridgehead atoms. The van der Waals surface area contributed by atoms with Crippen molar-refractivity contribution >= 4 is 22.3 Å². The van der Waals surface area contributed by atoms with E-state index in [2.05, 4.69) is 28.1 Å². The maximum absolute atomic E-state index is 6.32. The average Bonchev–Trinajstić information content (AvgIpc) is 2.40. The molecule has 3 nitrogen and oxygen atoms in total. The van der Waals surface area contributed by atoms with Crippen LogP contribution in [0.15, 0.2) is 24.3 Å². The summed E-state index contributed by atoms with van der Waals surface area (Å²) in [6.07, 6.45) is 3.87. The van der Waals surface area contributed by atoms with Gasteiger partial charge in [0.25, 0.3) is 0 Å². The molecule has 3 heteroatoms. The molecule has 1 aliphatic heterocycles. The van der Waals surface area contributed by atoms with Crippen LogP contribution in [0, 0.1) is 6.92 Å². The molecule has 3 rings (SSSR count). The number of hydrogen-bond donors (Lipinski definition) is 1. The third-order valence-electron chi connectivity index (χ3n) is 3.73. The summed E-state index contributed by atoms with van der Waals surface area (Å²) in [5.41, 5.74) is 10.4. The summed E-state index contributed by atoms with van der Waals surface area (Å²) in [5, 5.41) is 1.07. The largest absolute Gasteiger partial charge is 0.396 e. The van der Waals surface area contributed by atoms with Gasteiger partial charge in [-0.1, -0.05) is 0 Å². The molecule has 2 N–H and O–H groups in total. The predicted octanol–water partition coefficient (Wildman–Crippen LogP) is 3.12. The van der Waals surface area contributed by atoms with Gasteiger partial charge in [0.2, 0.25) is 0 Å². The molecule has 0 spiro atoms. The van der Waals surface area contributed by atoms with Gasteiger partial charge in [-0.3, -0.25) is 4.98 Å². The quantitative estimate of drug-likeness (QED) is 0.780. The number of anilines is 2. The summed E-state index contributed by atoms with van der Waals surface area (Å²) in [5.74, 6) is 0. The Morgan fingerprint density at radius 1 is 1.06 bits per heavy atom. The highest BCUT2D eigenvalue weighted by atomic mass is 15.1. The van der Waals surface area contributed by atoms with Crippen LogP contribution in [0.5, 0.6) is 0 Å². The first kappa shape index (κ1) is 11.3. The molecule has 1 aromatic heterocycles. The zero-order valence-electron chi connectivity index (χ0n) is 10.8. The highest BCUT2D eigenvalue weighted by Crippen LogP contribution is 2.32. The van der Waals surface area contributed by atoms with Gasteiger partial charge < -0.3 is 10.6 Å². The summed E-state index contributed by atoms with van der Waals surface area (Å²) >= 11 is 0. The van der Waals surface area contributed by atoms with E-state index in [1.54, 1.807) is 0 Å². The molecule has 0 atom stereocenters. The lowest BCUT2D eigenvalue weighted by Gasteiger charge is -2.30. The van der Waals surface area contributed by atoms with Gasteiger partial charge in [-0.2, -0.15) is 0 Å². The van der Waals surface area contributed by atoms with Crippen LogP contribution in [0.4, 0.5) is 11.4 Å². The molecule has 0 saturated carbocycles. The fourth-order valence-corrected chi connectivity index (χ4v) is 2.73. The van der Waals surface area contributed by atoms with Gasteiger partial charge in [0, 0.05) is 24.2 Å². The van der Waals surface area contributed by atoms with E-state index in [1.807, 2.05) is 13.0 Å². The lowest BCUT2D eigenvalue weighted by molar-refractivity contribution is 0.578. The molecule has 1 saturated heterocycles. The van der Waals surface area contributed by atoms with Crippen LogP contribution in [0.25, 0.3) is 10.9 Å². The van der Waals surface area contributed by atoms with E-state index in [0.717, 1.165) is 35.4 Å². The van der Waals surface area contributed by atoms with Crippen LogP contribution in [0.1, 0.15) is 25.0 Å². The fourth-order valence-electron chi connectivity index (χ4n) is 2.73. The van der Waals surface area contributed by atoms with Gasteiger partial charge in [0.1, 0.15) is 0 Å². The molecule has 0 amide bonds. The minimum absolute atomic E-state index is 0.877. The number of pyridine rings is 1. The average molecular weight is 241 g/mol. The van der Waals surface area contributed by atoms with Gasteiger partial charge in [-0.25, -0.2) is 0 Å². The molecule has 18 heavy (non-hydrogen) atoms. The van der Waals surface area contributed by atoms with Crippen molar-refractivity contribution in [2.75, 3.05) is 23.7 Å². The third-order valence-corrected chi connectivity index (χ3v) is 3.73. The summed E-state index contributed by atoms with van der Waals surface area (Å²) in [7, 11) is 0. The second-order valence-electron chi connectivity index (χ2n) is 5.07. The smallest absolute Gasteiger partial charge is 0.0727 e. The Balaban J connectivity index is 2.08. The maximum Gasteiger partial charge on any atom is 0.0727 e. The number of aryl methyl sites for hydroxylation is 1. The Labute approximate surface area is 108 Å². The van der Waals surface area contributed by atoms with Gasteiger partial charge in [-0.15, -0.1) is 0 Å². The number of nitrogens with zero attached hydrogens (tertiary/aromatic N) is 2. The standard InChI is InChI=1S/C15H19N3/c1-11-5-6-12-13(17-11)7-8-14(15(12)16)18-9-3-2-4-10-18/h5-8H,2-4,9-10,16H2,1H3. The molecule has 2 heterocycles. The zero-order chi connectivity index (χ0) is 12.5. The first-order valence-electron chi connectivity index (χ1n) is 6.66. The minimum Gasteiger partial charge on any atom is -0.396 e. The van der Waals surface area contributed by atoms with Gasteiger partial charge >= 0.3 is 0 Å². The van der Waals surface area contributed by atoms with Gasteiger partial charge in [-0.05, 0) is 50.5 Å². The molecule has 0 radical (unpaired) electrons. The van der Waals surface area contributed by atoms with Crippen molar-refractivity contribution in [3.63, 3.8) is 0 Å². The van der Waals surface area contributed by atoms with Crippen molar-refractivity contribution in [2.24, 2.45) is 0 Å². The molecule has 94 valence electrons. The number of benzene rings is 1. The monoisotopic (exact) mass is 241 g/mol. The van der Waals surface area contributed by atoms with Crippen molar-refractivity contribution < 1.29 is 0 Å². The van der Waals surface area contributed by atoms with Gasteiger partial charge in [0.05, 0.1) is 16.9 Å². The van der Waals surface area contributed by atoms with Crippen molar-refractivity contribution in [3.05, 3.63) is 30.0 Å².